The van der Waals surface area contributed by atoms with Gasteiger partial charge in [-0.3, -0.25) is 0 Å². The van der Waals surface area contributed by atoms with Crippen molar-refractivity contribution in [3.8, 4) is 0 Å². The van der Waals surface area contributed by atoms with E-state index in [4.69, 9.17) is 0 Å². The highest BCUT2D eigenvalue weighted by molar-refractivity contribution is 5.42. The van der Waals surface area contributed by atoms with Crippen molar-refractivity contribution in [1.82, 2.24) is 19.9 Å². The molecule has 6 heteroatoms. The topological polar surface area (TPSA) is 54.2 Å². The fourth-order valence-electron chi connectivity index (χ4n) is 1.37. The van der Waals surface area contributed by atoms with Crippen LogP contribution in [-0.2, 0) is 0 Å². The summed E-state index contributed by atoms with van der Waals surface area (Å²) in [4.78, 5) is 4.20. The average molecular weight is 223 g/mol. The van der Waals surface area contributed by atoms with E-state index < -0.39 is 0 Å². The van der Waals surface area contributed by atoms with Gasteiger partial charge in [0.05, 0.1) is 6.20 Å². The number of nitrogens with zero attached hydrogens (tertiary/aromatic N) is 3. The van der Waals surface area contributed by atoms with Crippen molar-refractivity contribution in [1.29, 1.82) is 0 Å². The molecular weight excluding hydrogens is 209 g/mol. The van der Waals surface area contributed by atoms with E-state index in [0.717, 1.165) is 19.6 Å². The van der Waals surface area contributed by atoms with Gasteiger partial charge in [0.1, 0.15) is 5.82 Å². The molecular formula is C10H14FN5. The van der Waals surface area contributed by atoms with E-state index >= 15 is 0 Å². The van der Waals surface area contributed by atoms with Crippen molar-refractivity contribution in [3.63, 3.8) is 0 Å². The molecule has 0 saturated heterocycles. The summed E-state index contributed by atoms with van der Waals surface area (Å²) in [6, 6.07) is 2.96. The van der Waals surface area contributed by atoms with Crippen molar-refractivity contribution in [3.05, 3.63) is 24.1 Å². The normalized spacial score (nSPS) is 10.9. The van der Waals surface area contributed by atoms with Crippen molar-refractivity contribution < 1.29 is 4.39 Å². The molecule has 0 aliphatic heterocycles. The molecule has 0 radical (unpaired) electrons. The smallest absolute Gasteiger partial charge is 0.243 e. The third kappa shape index (κ3) is 2.46. The quantitative estimate of drug-likeness (QED) is 0.739. The first-order chi connectivity index (χ1) is 7.79. The molecule has 0 amide bonds. The van der Waals surface area contributed by atoms with Crippen LogP contribution >= 0.6 is 0 Å². The van der Waals surface area contributed by atoms with Crippen molar-refractivity contribution in [2.45, 2.75) is 6.92 Å². The van der Waals surface area contributed by atoms with Crippen LogP contribution in [0.4, 0.5) is 10.3 Å². The van der Waals surface area contributed by atoms with Gasteiger partial charge in [-0.05, 0) is 18.7 Å². The summed E-state index contributed by atoms with van der Waals surface area (Å²) in [6.45, 7) is 4.57. The monoisotopic (exact) mass is 223 g/mol. The number of hydrogen-bond donors (Lipinski definition) is 2. The Labute approximate surface area is 92.7 Å². The minimum absolute atomic E-state index is 0.323. The van der Waals surface area contributed by atoms with Crippen molar-refractivity contribution in [2.24, 2.45) is 0 Å². The summed E-state index contributed by atoms with van der Waals surface area (Å²) < 4.78 is 14.3. The predicted molar refractivity (Wildman–Crippen MR) is 60.0 cm³/mol. The number of anilines is 1. The van der Waals surface area contributed by atoms with Crippen LogP contribution in [0.15, 0.2) is 18.3 Å². The minimum atomic E-state index is -0.323. The second-order valence-corrected chi connectivity index (χ2v) is 3.37. The van der Waals surface area contributed by atoms with E-state index in [2.05, 4.69) is 20.7 Å². The Hall–Kier alpha value is -1.69. The first kappa shape index (κ1) is 10.8. The number of likely N-dealkylation sites (N-methyl/N-ethyl adjacent to an activating group) is 1. The van der Waals surface area contributed by atoms with Gasteiger partial charge in [-0.25, -0.2) is 8.91 Å². The SMILES string of the molecule is CCNCCNc1nc2ccc(F)cn2n1. The highest BCUT2D eigenvalue weighted by Gasteiger charge is 2.02. The molecule has 2 heterocycles. The van der Waals surface area contributed by atoms with Crippen LogP contribution in [0, 0.1) is 5.82 Å². The zero-order valence-electron chi connectivity index (χ0n) is 9.07. The number of nitrogens with one attached hydrogen (secondary N) is 2. The Morgan fingerprint density at radius 1 is 1.38 bits per heavy atom. The zero-order chi connectivity index (χ0) is 11.4. The van der Waals surface area contributed by atoms with Gasteiger partial charge in [-0.15, -0.1) is 5.10 Å². The Kier molecular flexibility index (Phi) is 3.31. The van der Waals surface area contributed by atoms with E-state index in [1.54, 1.807) is 6.07 Å². The summed E-state index contributed by atoms with van der Waals surface area (Å²) in [7, 11) is 0. The van der Waals surface area contributed by atoms with Crippen LogP contribution in [0.25, 0.3) is 5.65 Å². The molecule has 16 heavy (non-hydrogen) atoms. The molecule has 0 bridgehead atoms. The molecule has 2 aromatic rings. The summed E-state index contributed by atoms with van der Waals surface area (Å²) in [5.74, 6) is 0.195. The summed E-state index contributed by atoms with van der Waals surface area (Å²) in [5, 5.41) is 10.3. The van der Waals surface area contributed by atoms with Crippen molar-refractivity contribution >= 4 is 11.6 Å². The highest BCUT2D eigenvalue weighted by atomic mass is 19.1. The van der Waals surface area contributed by atoms with Crippen LogP contribution in [-0.4, -0.2) is 34.2 Å². The van der Waals surface area contributed by atoms with Crippen LogP contribution in [0.5, 0.6) is 0 Å². The first-order valence-corrected chi connectivity index (χ1v) is 5.26. The largest absolute Gasteiger partial charge is 0.352 e. The van der Waals surface area contributed by atoms with Gasteiger partial charge in [0.2, 0.25) is 5.95 Å². The lowest BCUT2D eigenvalue weighted by molar-refractivity contribution is 0.614. The number of hydrogen-bond acceptors (Lipinski definition) is 4. The van der Waals surface area contributed by atoms with E-state index in [1.165, 1.54) is 16.8 Å². The summed E-state index contributed by atoms with van der Waals surface area (Å²) in [6.07, 6.45) is 1.30. The first-order valence-electron chi connectivity index (χ1n) is 5.26. The second kappa shape index (κ2) is 4.89. The van der Waals surface area contributed by atoms with Gasteiger partial charge in [0.15, 0.2) is 5.65 Å². The number of pyridine rings is 1. The van der Waals surface area contributed by atoms with Gasteiger partial charge >= 0.3 is 0 Å². The fourth-order valence-corrected chi connectivity index (χ4v) is 1.37. The minimum Gasteiger partial charge on any atom is -0.352 e. The van der Waals surface area contributed by atoms with Gasteiger partial charge < -0.3 is 10.6 Å². The maximum absolute atomic E-state index is 12.9. The van der Waals surface area contributed by atoms with E-state index in [9.17, 15) is 4.39 Å². The van der Waals surface area contributed by atoms with Gasteiger partial charge in [0.25, 0.3) is 0 Å². The van der Waals surface area contributed by atoms with E-state index in [1.807, 2.05) is 6.92 Å². The van der Waals surface area contributed by atoms with Gasteiger partial charge in [0, 0.05) is 13.1 Å². The van der Waals surface area contributed by atoms with Crippen LogP contribution in [0.3, 0.4) is 0 Å². The molecule has 0 spiro atoms. The number of rotatable bonds is 5. The lowest BCUT2D eigenvalue weighted by Gasteiger charge is -2.00. The Balaban J connectivity index is 2.02. The third-order valence-corrected chi connectivity index (χ3v) is 2.13. The molecule has 86 valence electrons. The average Bonchev–Trinajstić information content (AvgIpc) is 2.66. The molecule has 0 aromatic carbocycles. The molecule has 0 aliphatic rings. The molecule has 2 rings (SSSR count). The number of halogens is 1. The van der Waals surface area contributed by atoms with E-state index in [0.29, 0.717) is 11.6 Å². The predicted octanol–water partition coefficient (Wildman–Crippen LogP) is 0.890. The van der Waals surface area contributed by atoms with Crippen LogP contribution < -0.4 is 10.6 Å². The number of fused-ring (bicyclic) bond motifs is 1. The Morgan fingerprint density at radius 3 is 3.06 bits per heavy atom. The molecule has 5 nitrogen and oxygen atoms in total. The van der Waals surface area contributed by atoms with Gasteiger partial charge in [-0.2, -0.15) is 4.98 Å². The summed E-state index contributed by atoms with van der Waals surface area (Å²) in [5.41, 5.74) is 0.632. The standard InChI is InChI=1S/C10H14FN5/c1-2-12-5-6-13-10-14-9-4-3-8(11)7-16(9)15-10/h3-4,7,12H,2,5-6H2,1H3,(H,13,15). The molecule has 2 aromatic heterocycles. The molecule has 0 saturated carbocycles. The van der Waals surface area contributed by atoms with Gasteiger partial charge in [-0.1, -0.05) is 6.92 Å². The number of aromatic nitrogens is 3. The summed E-state index contributed by atoms with van der Waals surface area (Å²) >= 11 is 0. The molecule has 2 N–H and O–H groups in total. The maximum atomic E-state index is 12.9. The highest BCUT2D eigenvalue weighted by Crippen LogP contribution is 2.06. The molecule has 0 atom stereocenters. The zero-order valence-corrected chi connectivity index (χ0v) is 9.07. The molecule has 0 aliphatic carbocycles. The second-order valence-electron chi connectivity index (χ2n) is 3.37. The van der Waals surface area contributed by atoms with Crippen molar-refractivity contribution in [2.75, 3.05) is 25.0 Å². The van der Waals surface area contributed by atoms with Crippen LogP contribution in [0.2, 0.25) is 0 Å². The fraction of sp³-hybridized carbons (Fsp3) is 0.400. The molecule has 0 unspecified atom stereocenters. The maximum Gasteiger partial charge on any atom is 0.243 e. The van der Waals surface area contributed by atoms with Crippen LogP contribution in [0.1, 0.15) is 6.92 Å². The Bertz CT molecular complexity index is 467. The Morgan fingerprint density at radius 2 is 2.25 bits per heavy atom. The molecule has 0 fully saturated rings. The third-order valence-electron chi connectivity index (χ3n) is 2.13. The lowest BCUT2D eigenvalue weighted by atomic mass is 10.5. The lowest BCUT2D eigenvalue weighted by Crippen LogP contribution is -2.21. The van der Waals surface area contributed by atoms with E-state index in [-0.39, 0.29) is 5.82 Å².